The van der Waals surface area contributed by atoms with E-state index in [4.69, 9.17) is 37.0 Å². The summed E-state index contributed by atoms with van der Waals surface area (Å²) in [6, 6.07) is 0. The predicted molar refractivity (Wildman–Crippen MR) is 404 cm³/mol. The Morgan fingerprint density at radius 1 is 0.323 bits per heavy atom. The van der Waals surface area contributed by atoms with E-state index in [9.17, 15) is 43.2 Å². The molecule has 0 radical (unpaired) electrons. The lowest BCUT2D eigenvalue weighted by Crippen LogP contribution is -2.30. The molecule has 6 atom stereocenters. The first kappa shape index (κ1) is 96.5. The molecular weight excluding hydrogens is 1290 g/mol. The second kappa shape index (κ2) is 72.5. The summed E-state index contributed by atoms with van der Waals surface area (Å²) in [4.78, 5) is 73.0. The lowest BCUT2D eigenvalue weighted by Gasteiger charge is -2.21. The summed E-state index contributed by atoms with van der Waals surface area (Å²) in [5.74, 6) is -1.34. The average molecular weight is 1450 g/mol. The lowest BCUT2D eigenvalue weighted by atomic mass is 9.99. The largest absolute Gasteiger partial charge is 0.472 e. The van der Waals surface area contributed by atoms with Crippen LogP contribution in [0, 0.1) is 5.92 Å². The lowest BCUT2D eigenvalue weighted by molar-refractivity contribution is -0.161. The third-order valence-corrected chi connectivity index (χ3v) is 20.4. The Kier molecular flexibility index (Phi) is 70.7. The van der Waals surface area contributed by atoms with E-state index in [-0.39, 0.29) is 25.7 Å². The van der Waals surface area contributed by atoms with Gasteiger partial charge in [0.25, 0.3) is 0 Å². The first-order chi connectivity index (χ1) is 48.1. The van der Waals surface area contributed by atoms with Crippen LogP contribution in [0.4, 0.5) is 0 Å². The minimum absolute atomic E-state index is 0.102. The zero-order chi connectivity index (χ0) is 72.7. The molecule has 0 fully saturated rings. The summed E-state index contributed by atoms with van der Waals surface area (Å²) >= 11 is 0. The molecule has 17 nitrogen and oxygen atoms in total. The third-order valence-electron chi connectivity index (χ3n) is 18.5. The van der Waals surface area contributed by atoms with Crippen LogP contribution in [0.2, 0.25) is 0 Å². The summed E-state index contributed by atoms with van der Waals surface area (Å²) in [7, 11) is -9.93. The van der Waals surface area contributed by atoms with E-state index in [0.29, 0.717) is 25.7 Å². The van der Waals surface area contributed by atoms with Crippen molar-refractivity contribution in [1.82, 2.24) is 0 Å². The molecule has 0 aliphatic heterocycles. The molecule has 0 aliphatic rings. The van der Waals surface area contributed by atoms with Crippen molar-refractivity contribution in [3.05, 3.63) is 24.3 Å². The Labute approximate surface area is 605 Å². The average Bonchev–Trinajstić information content (AvgIpc) is 2.65. The van der Waals surface area contributed by atoms with Crippen molar-refractivity contribution in [2.24, 2.45) is 5.92 Å². The van der Waals surface area contributed by atoms with Gasteiger partial charge in [-0.15, -0.1) is 0 Å². The highest BCUT2D eigenvalue weighted by Gasteiger charge is 2.30. The van der Waals surface area contributed by atoms with Crippen molar-refractivity contribution in [2.75, 3.05) is 39.6 Å². The van der Waals surface area contributed by atoms with Gasteiger partial charge in [-0.05, 0) is 57.3 Å². The Balaban J connectivity index is 5.29. The van der Waals surface area contributed by atoms with Gasteiger partial charge < -0.3 is 33.8 Å². The van der Waals surface area contributed by atoms with Crippen LogP contribution < -0.4 is 0 Å². The standard InChI is InChI=1S/C80H152O17P2/c1-6-10-13-16-19-22-25-28-30-31-32-34-36-39-45-50-55-60-65-79(84)96-75(69-91-78(83)64-59-54-49-44-38-35-33-29-26-23-20-17-14-11-7-2)71-94-98(86,87)92-67-74(81)68-93-99(88,89)95-72-76(70-90-77(82)63-58-53-48-43-37-27-24-21-18-15-12-8-3)97-80(85)66-61-56-51-46-41-40-42-47-52-57-62-73(5)9-4/h23,26,29,33,73-76,81H,6-22,24-25,27-28,30-32,34-72H2,1-5H3,(H,86,87)(H,88,89)/b26-23-,33-29-/t73?,74-,75-,76-/m1/s1. The van der Waals surface area contributed by atoms with E-state index >= 15 is 0 Å². The number of phosphoric acid groups is 2. The molecule has 0 heterocycles. The Morgan fingerprint density at radius 2 is 0.566 bits per heavy atom. The fraction of sp³-hybridized carbons (Fsp3) is 0.900. The quantitative estimate of drug-likeness (QED) is 0.0169. The summed E-state index contributed by atoms with van der Waals surface area (Å²) in [5, 5.41) is 10.6. The summed E-state index contributed by atoms with van der Waals surface area (Å²) in [6.45, 7) is 7.28. The number of phosphoric ester groups is 2. The van der Waals surface area contributed by atoms with E-state index in [2.05, 4.69) is 58.9 Å². The Bertz CT molecular complexity index is 1990. The van der Waals surface area contributed by atoms with Crippen molar-refractivity contribution in [3.8, 4) is 0 Å². The van der Waals surface area contributed by atoms with Gasteiger partial charge in [0.05, 0.1) is 26.4 Å². The second-order valence-corrected chi connectivity index (χ2v) is 31.3. The number of rotatable bonds is 78. The van der Waals surface area contributed by atoms with Crippen molar-refractivity contribution < 1.29 is 80.2 Å². The number of hydrogen-bond acceptors (Lipinski definition) is 15. The molecule has 0 amide bonds. The van der Waals surface area contributed by atoms with Crippen LogP contribution in [0.3, 0.4) is 0 Å². The molecule has 0 rings (SSSR count). The van der Waals surface area contributed by atoms with Gasteiger partial charge in [0, 0.05) is 25.7 Å². The molecule has 19 heteroatoms. The van der Waals surface area contributed by atoms with Gasteiger partial charge in [0.2, 0.25) is 0 Å². The number of carbonyl (C=O) groups excluding carboxylic acids is 4. The number of aliphatic hydroxyl groups excluding tert-OH is 1. The topological polar surface area (TPSA) is 237 Å². The fourth-order valence-corrected chi connectivity index (χ4v) is 13.4. The zero-order valence-electron chi connectivity index (χ0n) is 64.1. The molecule has 584 valence electrons. The molecule has 3 N–H and O–H groups in total. The molecule has 99 heavy (non-hydrogen) atoms. The van der Waals surface area contributed by atoms with Crippen LogP contribution in [0.1, 0.15) is 401 Å². The molecule has 0 bridgehead atoms. The van der Waals surface area contributed by atoms with Crippen LogP contribution in [0.25, 0.3) is 0 Å². The van der Waals surface area contributed by atoms with Gasteiger partial charge >= 0.3 is 39.5 Å². The SMILES string of the molecule is CCCCCC/C=C\C=C/CCCCCCCC(=O)OC[C@H](COP(=O)(O)OC[C@@H](O)COP(=O)(O)OC[C@@H](COC(=O)CCCCCCCCCCCCCC)OC(=O)CCCCCCCCCCCCC(C)CC)OC(=O)CCCCCCCCCCCCCCCCCCCC. The molecule has 0 aliphatic carbocycles. The smallest absolute Gasteiger partial charge is 0.462 e. The van der Waals surface area contributed by atoms with E-state index in [1.165, 1.54) is 205 Å². The molecule has 0 spiro atoms. The zero-order valence-corrected chi connectivity index (χ0v) is 65.9. The molecular formula is C80H152O17P2. The van der Waals surface area contributed by atoms with Crippen molar-refractivity contribution in [2.45, 2.75) is 419 Å². The number of allylic oxidation sites excluding steroid dienone is 4. The van der Waals surface area contributed by atoms with Gasteiger partial charge in [-0.25, -0.2) is 9.13 Å². The van der Waals surface area contributed by atoms with Crippen LogP contribution in [0.5, 0.6) is 0 Å². The summed E-state index contributed by atoms with van der Waals surface area (Å²) in [6.07, 6.45) is 65.8. The third kappa shape index (κ3) is 72.3. The van der Waals surface area contributed by atoms with Crippen LogP contribution in [0.15, 0.2) is 24.3 Å². The molecule has 0 saturated heterocycles. The monoisotopic (exact) mass is 1450 g/mol. The normalized spacial score (nSPS) is 14.3. The summed E-state index contributed by atoms with van der Waals surface area (Å²) < 4.78 is 68.7. The highest BCUT2D eigenvalue weighted by molar-refractivity contribution is 7.47. The van der Waals surface area contributed by atoms with Gasteiger partial charge in [-0.1, -0.05) is 348 Å². The second-order valence-electron chi connectivity index (χ2n) is 28.4. The van der Waals surface area contributed by atoms with Gasteiger partial charge in [-0.3, -0.25) is 37.3 Å². The first-order valence-electron chi connectivity index (χ1n) is 41.0. The molecule has 0 aromatic heterocycles. The van der Waals surface area contributed by atoms with Crippen molar-refractivity contribution >= 4 is 39.5 Å². The van der Waals surface area contributed by atoms with E-state index in [0.717, 1.165) is 115 Å². The van der Waals surface area contributed by atoms with E-state index < -0.39 is 97.5 Å². The number of carbonyl (C=O) groups is 4. The first-order valence-corrected chi connectivity index (χ1v) is 44.0. The highest BCUT2D eigenvalue weighted by Crippen LogP contribution is 2.45. The molecule has 0 saturated carbocycles. The number of unbranched alkanes of at least 4 members (excludes halogenated alkanes) is 46. The minimum atomic E-state index is -4.97. The number of aliphatic hydroxyl groups is 1. The fourth-order valence-electron chi connectivity index (χ4n) is 11.8. The Morgan fingerprint density at radius 3 is 0.859 bits per heavy atom. The molecule has 3 unspecified atom stereocenters. The maximum Gasteiger partial charge on any atom is 0.472 e. The number of esters is 4. The molecule has 0 aromatic rings. The van der Waals surface area contributed by atoms with Crippen LogP contribution in [-0.2, 0) is 65.4 Å². The van der Waals surface area contributed by atoms with Gasteiger partial charge in [0.1, 0.15) is 19.3 Å². The number of hydrogen-bond donors (Lipinski definition) is 3. The predicted octanol–water partition coefficient (Wildman–Crippen LogP) is 23.6. The van der Waals surface area contributed by atoms with E-state index in [1.54, 1.807) is 0 Å². The van der Waals surface area contributed by atoms with Crippen molar-refractivity contribution in [3.63, 3.8) is 0 Å². The van der Waals surface area contributed by atoms with Crippen LogP contribution >= 0.6 is 15.6 Å². The van der Waals surface area contributed by atoms with E-state index in [1.807, 2.05) is 0 Å². The number of ether oxygens (including phenoxy) is 4. The maximum atomic E-state index is 13.1. The van der Waals surface area contributed by atoms with Gasteiger partial charge in [0.15, 0.2) is 12.2 Å². The Hall–Kier alpha value is -2.46. The minimum Gasteiger partial charge on any atom is -0.462 e. The van der Waals surface area contributed by atoms with Crippen LogP contribution in [-0.4, -0.2) is 96.7 Å². The summed E-state index contributed by atoms with van der Waals surface area (Å²) in [5.41, 5.74) is 0. The highest BCUT2D eigenvalue weighted by atomic mass is 31.2. The van der Waals surface area contributed by atoms with Crippen molar-refractivity contribution in [1.29, 1.82) is 0 Å². The van der Waals surface area contributed by atoms with Gasteiger partial charge in [-0.2, -0.15) is 0 Å². The maximum absolute atomic E-state index is 13.1. The molecule has 0 aromatic carbocycles.